The van der Waals surface area contributed by atoms with Crippen LogP contribution in [0.25, 0.3) is 0 Å². The Morgan fingerprint density at radius 1 is 1.29 bits per heavy atom. The Balaban J connectivity index is 0.00000220. The van der Waals surface area contributed by atoms with Gasteiger partial charge < -0.3 is 19.8 Å². The summed E-state index contributed by atoms with van der Waals surface area (Å²) >= 11 is 0. The van der Waals surface area contributed by atoms with Crippen molar-refractivity contribution in [2.75, 3.05) is 13.1 Å². The van der Waals surface area contributed by atoms with Gasteiger partial charge in [0.2, 0.25) is 0 Å². The first-order valence-electron chi connectivity index (χ1n) is 6.75. The number of rotatable bonds is 6. The molecule has 0 atom stereocenters. The minimum Gasteiger partial charge on any atom is -0.357 e. The van der Waals surface area contributed by atoms with Gasteiger partial charge in [-0.15, -0.1) is 34.2 Å². The maximum Gasteiger partial charge on any atom is 0.191 e. The molecule has 0 radical (unpaired) electrons. The van der Waals surface area contributed by atoms with Gasteiger partial charge in [0, 0.05) is 39.1 Å². The Kier molecular flexibility index (Phi) is 7.80. The molecule has 2 rings (SSSR count). The second kappa shape index (κ2) is 9.37. The molecule has 116 valence electrons. The molecule has 0 saturated carbocycles. The molecule has 0 aliphatic carbocycles. The lowest BCUT2D eigenvalue weighted by atomic mass is 10.5. The van der Waals surface area contributed by atoms with E-state index in [1.54, 1.807) is 6.33 Å². The smallest absolute Gasteiger partial charge is 0.191 e. The number of nitrogens with one attached hydrogen (secondary N) is 2. The molecule has 21 heavy (non-hydrogen) atoms. The normalized spacial score (nSPS) is 11.0. The van der Waals surface area contributed by atoms with Gasteiger partial charge in [0.15, 0.2) is 11.8 Å². The molecular weight excluding hydrogens is 381 g/mol. The summed E-state index contributed by atoms with van der Waals surface area (Å²) in [4.78, 5) is 4.50. The van der Waals surface area contributed by atoms with E-state index in [0.29, 0.717) is 6.54 Å². The van der Waals surface area contributed by atoms with Gasteiger partial charge in [-0.1, -0.05) is 0 Å². The molecule has 2 aromatic heterocycles. The number of halogens is 1. The van der Waals surface area contributed by atoms with Gasteiger partial charge in [-0.3, -0.25) is 0 Å². The van der Waals surface area contributed by atoms with Crippen LogP contribution in [-0.2, 0) is 20.1 Å². The van der Waals surface area contributed by atoms with Crippen molar-refractivity contribution in [1.29, 1.82) is 0 Å². The van der Waals surface area contributed by atoms with Crippen molar-refractivity contribution in [3.63, 3.8) is 0 Å². The predicted octanol–water partition coefficient (Wildman–Crippen LogP) is 0.990. The molecule has 0 fully saturated rings. The third-order valence-electron chi connectivity index (χ3n) is 2.86. The molecule has 2 aromatic rings. The summed E-state index contributed by atoms with van der Waals surface area (Å²) in [5.74, 6) is 1.63. The third-order valence-corrected chi connectivity index (χ3v) is 2.86. The fraction of sp³-hybridized carbons (Fsp3) is 0.462. The second-order valence-corrected chi connectivity index (χ2v) is 4.40. The van der Waals surface area contributed by atoms with Crippen LogP contribution >= 0.6 is 24.0 Å². The van der Waals surface area contributed by atoms with Gasteiger partial charge in [0.05, 0.1) is 0 Å². The molecule has 0 aromatic carbocycles. The maximum absolute atomic E-state index is 4.50. The third kappa shape index (κ3) is 5.74. The maximum atomic E-state index is 4.50. The minimum atomic E-state index is 0. The van der Waals surface area contributed by atoms with Gasteiger partial charge in [-0.2, -0.15) is 0 Å². The van der Waals surface area contributed by atoms with E-state index in [2.05, 4.69) is 30.4 Å². The van der Waals surface area contributed by atoms with E-state index >= 15 is 0 Å². The Morgan fingerprint density at radius 2 is 2.05 bits per heavy atom. The van der Waals surface area contributed by atoms with Crippen LogP contribution in [0.2, 0.25) is 0 Å². The minimum absolute atomic E-state index is 0. The highest BCUT2D eigenvalue weighted by molar-refractivity contribution is 14.0. The number of aryl methyl sites for hydroxylation is 1. The van der Waals surface area contributed by atoms with Crippen LogP contribution < -0.4 is 10.6 Å². The summed E-state index contributed by atoms with van der Waals surface area (Å²) in [5.41, 5.74) is 0. The quantitative estimate of drug-likeness (QED) is 0.429. The molecule has 0 unspecified atom stereocenters. The fourth-order valence-corrected chi connectivity index (χ4v) is 1.76. The highest BCUT2D eigenvalue weighted by atomic mass is 127. The first kappa shape index (κ1) is 17.5. The van der Waals surface area contributed by atoms with Crippen LogP contribution in [0.1, 0.15) is 12.7 Å². The molecule has 0 saturated heterocycles. The lowest BCUT2D eigenvalue weighted by Crippen LogP contribution is -2.38. The molecule has 0 aliphatic rings. The van der Waals surface area contributed by atoms with Gasteiger partial charge in [-0.05, 0) is 19.1 Å². The summed E-state index contributed by atoms with van der Waals surface area (Å²) in [6.07, 6.45) is 5.77. The van der Waals surface area contributed by atoms with Crippen LogP contribution in [0.15, 0.2) is 35.8 Å². The zero-order chi connectivity index (χ0) is 14.2. The van der Waals surface area contributed by atoms with Crippen LogP contribution in [0, 0.1) is 0 Å². The molecular formula is C13H22IN7. The van der Waals surface area contributed by atoms with Crippen molar-refractivity contribution in [1.82, 2.24) is 30.0 Å². The highest BCUT2D eigenvalue weighted by Crippen LogP contribution is 1.94. The summed E-state index contributed by atoms with van der Waals surface area (Å²) in [6.45, 7) is 5.11. The summed E-state index contributed by atoms with van der Waals surface area (Å²) in [7, 11) is 1.91. The molecule has 0 amide bonds. The van der Waals surface area contributed by atoms with Crippen LogP contribution in [0.5, 0.6) is 0 Å². The molecule has 8 heteroatoms. The first-order chi connectivity index (χ1) is 9.79. The van der Waals surface area contributed by atoms with E-state index < -0.39 is 0 Å². The van der Waals surface area contributed by atoms with E-state index in [0.717, 1.165) is 31.4 Å². The van der Waals surface area contributed by atoms with Crippen molar-refractivity contribution < 1.29 is 0 Å². The van der Waals surface area contributed by atoms with E-state index in [9.17, 15) is 0 Å². The highest BCUT2D eigenvalue weighted by Gasteiger charge is 2.01. The van der Waals surface area contributed by atoms with Crippen LogP contribution in [-0.4, -0.2) is 38.4 Å². The van der Waals surface area contributed by atoms with Crippen molar-refractivity contribution in [3.8, 4) is 0 Å². The Morgan fingerprint density at radius 3 is 2.67 bits per heavy atom. The van der Waals surface area contributed by atoms with Crippen LogP contribution in [0.4, 0.5) is 0 Å². The van der Waals surface area contributed by atoms with Crippen molar-refractivity contribution in [2.24, 2.45) is 12.0 Å². The molecule has 2 N–H and O–H groups in total. The molecule has 0 bridgehead atoms. The SMILES string of the molecule is CCNC(=NCc1nncn1C)NCCn1cccc1.I. The number of nitrogens with zero attached hydrogens (tertiary/aromatic N) is 5. The van der Waals surface area contributed by atoms with Crippen molar-refractivity contribution in [3.05, 3.63) is 36.7 Å². The number of hydrogen-bond donors (Lipinski definition) is 2. The van der Waals surface area contributed by atoms with E-state index in [4.69, 9.17) is 0 Å². The standard InChI is InChI=1S/C13H21N7.HI/c1-3-14-13(15-6-9-20-7-4-5-8-20)16-10-12-18-17-11-19(12)2;/h4-5,7-8,11H,3,6,9-10H2,1-2H3,(H2,14,15,16);1H. The fourth-order valence-electron chi connectivity index (χ4n) is 1.76. The Hall–Kier alpha value is -1.58. The summed E-state index contributed by atoms with van der Waals surface area (Å²) in [6, 6.07) is 4.04. The zero-order valence-electron chi connectivity index (χ0n) is 12.4. The van der Waals surface area contributed by atoms with Gasteiger partial charge >= 0.3 is 0 Å². The number of aliphatic imine (C=N–C) groups is 1. The predicted molar refractivity (Wildman–Crippen MR) is 93.7 cm³/mol. The summed E-state index contributed by atoms with van der Waals surface area (Å²) in [5, 5.41) is 14.4. The number of hydrogen-bond acceptors (Lipinski definition) is 3. The van der Waals surface area contributed by atoms with Crippen molar-refractivity contribution >= 4 is 29.9 Å². The largest absolute Gasteiger partial charge is 0.357 e. The number of guanidine groups is 1. The van der Waals surface area contributed by atoms with E-state index in [-0.39, 0.29) is 24.0 Å². The Bertz CT molecular complexity index is 532. The molecule has 0 spiro atoms. The second-order valence-electron chi connectivity index (χ2n) is 4.40. The van der Waals surface area contributed by atoms with Gasteiger partial charge in [0.1, 0.15) is 12.9 Å². The molecule has 0 aliphatic heterocycles. The number of aromatic nitrogens is 4. The van der Waals surface area contributed by atoms with E-state index in [1.165, 1.54) is 0 Å². The van der Waals surface area contributed by atoms with Crippen molar-refractivity contribution in [2.45, 2.75) is 20.0 Å². The topological polar surface area (TPSA) is 72.1 Å². The summed E-state index contributed by atoms with van der Waals surface area (Å²) < 4.78 is 3.99. The first-order valence-corrected chi connectivity index (χ1v) is 6.75. The van der Waals surface area contributed by atoms with Crippen LogP contribution in [0.3, 0.4) is 0 Å². The lowest BCUT2D eigenvalue weighted by Gasteiger charge is -2.11. The average molecular weight is 403 g/mol. The lowest BCUT2D eigenvalue weighted by molar-refractivity contribution is 0.664. The monoisotopic (exact) mass is 403 g/mol. The van der Waals surface area contributed by atoms with E-state index in [1.807, 2.05) is 43.1 Å². The Labute approximate surface area is 141 Å². The molecule has 2 heterocycles. The van der Waals surface area contributed by atoms with Gasteiger partial charge in [0.25, 0.3) is 0 Å². The molecule has 7 nitrogen and oxygen atoms in total. The van der Waals surface area contributed by atoms with Gasteiger partial charge in [-0.25, -0.2) is 4.99 Å². The average Bonchev–Trinajstić information content (AvgIpc) is 3.08. The zero-order valence-corrected chi connectivity index (χ0v) is 14.7.